The van der Waals surface area contributed by atoms with Crippen LogP contribution in [0.3, 0.4) is 0 Å². The lowest BCUT2D eigenvalue weighted by molar-refractivity contribution is -0.143. The molecule has 1 saturated heterocycles. The molecule has 5 nitrogen and oxygen atoms in total. The maximum absolute atomic E-state index is 12.3. The molecule has 1 aliphatic rings. The van der Waals surface area contributed by atoms with Crippen LogP contribution in [0.15, 0.2) is 0 Å². The molecule has 1 amide bonds. The third-order valence-electron chi connectivity index (χ3n) is 4.18. The van der Waals surface area contributed by atoms with Crippen molar-refractivity contribution in [2.24, 2.45) is 17.3 Å². The molecule has 0 aliphatic carbocycles. The van der Waals surface area contributed by atoms with E-state index in [1.807, 2.05) is 6.92 Å². The molecule has 0 spiro atoms. The first-order chi connectivity index (χ1) is 9.70. The van der Waals surface area contributed by atoms with Crippen molar-refractivity contribution in [1.82, 2.24) is 5.32 Å². The quantitative estimate of drug-likeness (QED) is 0.790. The van der Waals surface area contributed by atoms with E-state index in [-0.39, 0.29) is 23.2 Å². The summed E-state index contributed by atoms with van der Waals surface area (Å²) in [6.07, 6.45) is 2.96. The fourth-order valence-corrected chi connectivity index (χ4v) is 2.57. The number of amides is 1. The van der Waals surface area contributed by atoms with Crippen molar-refractivity contribution in [2.45, 2.75) is 59.4 Å². The molecular weight excluding hydrogens is 270 g/mol. The minimum absolute atomic E-state index is 0.0603. The first-order valence-electron chi connectivity index (χ1n) is 7.81. The summed E-state index contributed by atoms with van der Waals surface area (Å²) in [6, 6.07) is -0.793. The Hall–Kier alpha value is -1.10. The standard InChI is InChI=1S/C16H29NO4/c1-11(12-6-9-21-10-7-12)14(18)17-13(15(19)20)5-8-16(2,3)4/h11-13H,5-10H2,1-4H3,(H,17,18)(H,19,20). The summed E-state index contributed by atoms with van der Waals surface area (Å²) in [5, 5.41) is 12.0. The molecule has 0 aromatic rings. The highest BCUT2D eigenvalue weighted by Crippen LogP contribution is 2.25. The van der Waals surface area contributed by atoms with Crippen LogP contribution in [-0.2, 0) is 14.3 Å². The van der Waals surface area contributed by atoms with Crippen LogP contribution in [0.1, 0.15) is 53.4 Å². The van der Waals surface area contributed by atoms with Crippen LogP contribution in [0.4, 0.5) is 0 Å². The zero-order valence-corrected chi connectivity index (χ0v) is 13.6. The second kappa shape index (κ2) is 7.78. The lowest BCUT2D eigenvalue weighted by Crippen LogP contribution is -2.45. The van der Waals surface area contributed by atoms with Gasteiger partial charge in [0, 0.05) is 19.1 Å². The fraction of sp³-hybridized carbons (Fsp3) is 0.875. The molecule has 0 bridgehead atoms. The zero-order valence-electron chi connectivity index (χ0n) is 13.6. The maximum Gasteiger partial charge on any atom is 0.326 e. The number of hydrogen-bond acceptors (Lipinski definition) is 3. The van der Waals surface area contributed by atoms with E-state index in [9.17, 15) is 14.7 Å². The Morgan fingerprint density at radius 1 is 1.29 bits per heavy atom. The Morgan fingerprint density at radius 2 is 1.86 bits per heavy atom. The van der Waals surface area contributed by atoms with Crippen LogP contribution >= 0.6 is 0 Å². The van der Waals surface area contributed by atoms with E-state index in [0.717, 1.165) is 19.3 Å². The summed E-state index contributed by atoms with van der Waals surface area (Å²) in [5.74, 6) is -0.976. The van der Waals surface area contributed by atoms with Gasteiger partial charge in [0.15, 0.2) is 0 Å². The number of carbonyl (C=O) groups is 2. The van der Waals surface area contributed by atoms with E-state index in [4.69, 9.17) is 4.74 Å². The van der Waals surface area contributed by atoms with Gasteiger partial charge in [0.05, 0.1) is 0 Å². The average Bonchev–Trinajstić information content (AvgIpc) is 2.42. The molecule has 1 aliphatic heterocycles. The van der Waals surface area contributed by atoms with Crippen molar-refractivity contribution >= 4 is 11.9 Å². The van der Waals surface area contributed by atoms with E-state index < -0.39 is 12.0 Å². The monoisotopic (exact) mass is 299 g/mol. The summed E-state index contributed by atoms with van der Waals surface area (Å²) >= 11 is 0. The van der Waals surface area contributed by atoms with Gasteiger partial charge in [0.25, 0.3) is 0 Å². The van der Waals surface area contributed by atoms with E-state index in [1.54, 1.807) is 0 Å². The second-order valence-electron chi connectivity index (χ2n) is 7.24. The van der Waals surface area contributed by atoms with Crippen molar-refractivity contribution in [3.05, 3.63) is 0 Å². The second-order valence-corrected chi connectivity index (χ2v) is 7.24. The van der Waals surface area contributed by atoms with Crippen LogP contribution < -0.4 is 5.32 Å². The molecule has 1 rings (SSSR count). The Morgan fingerprint density at radius 3 is 2.33 bits per heavy atom. The number of ether oxygens (including phenoxy) is 1. The van der Waals surface area contributed by atoms with Gasteiger partial charge < -0.3 is 15.2 Å². The normalized spacial score (nSPS) is 19.8. The lowest BCUT2D eigenvalue weighted by atomic mass is 9.86. The third-order valence-corrected chi connectivity index (χ3v) is 4.18. The zero-order chi connectivity index (χ0) is 16.0. The molecule has 1 fully saturated rings. The summed E-state index contributed by atoms with van der Waals surface area (Å²) in [6.45, 7) is 9.46. The Bertz CT molecular complexity index is 356. The van der Waals surface area contributed by atoms with Gasteiger partial charge in [-0.25, -0.2) is 4.79 Å². The molecule has 5 heteroatoms. The molecule has 2 N–H and O–H groups in total. The molecule has 0 aromatic carbocycles. The SMILES string of the molecule is CC(C(=O)NC(CCC(C)(C)C)C(=O)O)C1CCOCC1. The van der Waals surface area contributed by atoms with Crippen molar-refractivity contribution in [3.63, 3.8) is 0 Å². The Labute approximate surface area is 127 Å². The number of carbonyl (C=O) groups excluding carboxylic acids is 1. The summed E-state index contributed by atoms with van der Waals surface area (Å²) in [5.41, 5.74) is 0.0603. The largest absolute Gasteiger partial charge is 0.480 e. The van der Waals surface area contributed by atoms with Crippen LogP contribution in [-0.4, -0.2) is 36.2 Å². The van der Waals surface area contributed by atoms with Crippen molar-refractivity contribution in [3.8, 4) is 0 Å². The number of aliphatic carboxylic acids is 1. The summed E-state index contributed by atoms with van der Waals surface area (Å²) in [4.78, 5) is 23.6. The number of nitrogens with one attached hydrogen (secondary N) is 1. The van der Waals surface area contributed by atoms with Gasteiger partial charge in [-0.05, 0) is 37.0 Å². The lowest BCUT2D eigenvalue weighted by Gasteiger charge is -2.28. The maximum atomic E-state index is 12.3. The van der Waals surface area contributed by atoms with E-state index in [0.29, 0.717) is 19.6 Å². The Balaban J connectivity index is 2.53. The Kier molecular flexibility index (Phi) is 6.65. The molecule has 1 heterocycles. The average molecular weight is 299 g/mol. The van der Waals surface area contributed by atoms with Gasteiger partial charge in [0.2, 0.25) is 5.91 Å². The first-order valence-corrected chi connectivity index (χ1v) is 7.81. The highest BCUT2D eigenvalue weighted by atomic mass is 16.5. The highest BCUT2D eigenvalue weighted by molar-refractivity contribution is 5.84. The van der Waals surface area contributed by atoms with Crippen molar-refractivity contribution in [1.29, 1.82) is 0 Å². The molecular formula is C16H29NO4. The molecule has 0 radical (unpaired) electrons. The first kappa shape index (κ1) is 18.0. The topological polar surface area (TPSA) is 75.6 Å². The molecule has 2 unspecified atom stereocenters. The molecule has 0 aromatic heterocycles. The van der Waals surface area contributed by atoms with Gasteiger partial charge >= 0.3 is 5.97 Å². The van der Waals surface area contributed by atoms with Crippen molar-refractivity contribution in [2.75, 3.05) is 13.2 Å². The summed E-state index contributed by atoms with van der Waals surface area (Å²) < 4.78 is 5.30. The minimum Gasteiger partial charge on any atom is -0.480 e. The highest BCUT2D eigenvalue weighted by Gasteiger charge is 2.29. The molecule has 21 heavy (non-hydrogen) atoms. The number of carboxylic acids is 1. The smallest absolute Gasteiger partial charge is 0.326 e. The fourth-order valence-electron chi connectivity index (χ4n) is 2.57. The molecule has 0 saturated carbocycles. The number of hydrogen-bond donors (Lipinski definition) is 2. The molecule has 2 atom stereocenters. The van der Waals surface area contributed by atoms with E-state index >= 15 is 0 Å². The summed E-state index contributed by atoms with van der Waals surface area (Å²) in [7, 11) is 0. The van der Waals surface area contributed by atoms with E-state index in [2.05, 4.69) is 26.1 Å². The van der Waals surface area contributed by atoms with Gasteiger partial charge in [0.1, 0.15) is 6.04 Å². The number of carboxylic acid groups (broad SMARTS) is 1. The van der Waals surface area contributed by atoms with Gasteiger partial charge in [-0.1, -0.05) is 27.7 Å². The van der Waals surface area contributed by atoms with Crippen molar-refractivity contribution < 1.29 is 19.4 Å². The third kappa shape index (κ3) is 6.46. The van der Waals surface area contributed by atoms with Crippen LogP contribution in [0.25, 0.3) is 0 Å². The minimum atomic E-state index is -0.952. The van der Waals surface area contributed by atoms with Crippen LogP contribution in [0.2, 0.25) is 0 Å². The van der Waals surface area contributed by atoms with Crippen LogP contribution in [0, 0.1) is 17.3 Å². The van der Waals surface area contributed by atoms with Crippen LogP contribution in [0.5, 0.6) is 0 Å². The van der Waals surface area contributed by atoms with Gasteiger partial charge in [-0.15, -0.1) is 0 Å². The molecule has 122 valence electrons. The van der Waals surface area contributed by atoms with Gasteiger partial charge in [-0.2, -0.15) is 0 Å². The van der Waals surface area contributed by atoms with E-state index in [1.165, 1.54) is 0 Å². The predicted octanol–water partition coefficient (Wildman–Crippen LogP) is 2.44. The van der Waals surface area contributed by atoms with Gasteiger partial charge in [-0.3, -0.25) is 4.79 Å². The number of rotatable bonds is 6. The predicted molar refractivity (Wildman–Crippen MR) is 81.0 cm³/mol.